The van der Waals surface area contributed by atoms with Crippen LogP contribution in [-0.2, 0) is 23.2 Å². The van der Waals surface area contributed by atoms with Gasteiger partial charge in [-0.3, -0.25) is 9.78 Å². The highest BCUT2D eigenvalue weighted by Crippen LogP contribution is 2.40. The molecule has 2 unspecified atom stereocenters. The minimum absolute atomic E-state index is 0.0108. The Morgan fingerprint density at radius 1 is 1.13 bits per heavy atom. The molecule has 0 fully saturated rings. The second kappa shape index (κ2) is 9.95. The van der Waals surface area contributed by atoms with Crippen molar-refractivity contribution in [2.75, 3.05) is 6.54 Å². The maximum Gasteiger partial charge on any atom is 0.227 e. The maximum atomic E-state index is 14.4. The topological polar surface area (TPSA) is 66.6 Å². The van der Waals surface area contributed by atoms with Gasteiger partial charge in [0, 0.05) is 34.3 Å². The van der Waals surface area contributed by atoms with Gasteiger partial charge in [-0.15, -0.1) is 0 Å². The molecule has 1 aliphatic rings. The number of aromatic nitrogens is 1. The number of pyridine rings is 1. The van der Waals surface area contributed by atoms with Gasteiger partial charge in [0.2, 0.25) is 5.91 Å². The third kappa shape index (κ3) is 4.60. The van der Waals surface area contributed by atoms with E-state index in [-0.39, 0.29) is 29.7 Å². The summed E-state index contributed by atoms with van der Waals surface area (Å²) in [6.07, 6.45) is 3.41. The Morgan fingerprint density at radius 2 is 1.95 bits per heavy atom. The van der Waals surface area contributed by atoms with Crippen LogP contribution in [0, 0.1) is 5.82 Å². The number of rotatable bonds is 5. The van der Waals surface area contributed by atoms with E-state index in [4.69, 9.17) is 16.0 Å². The summed E-state index contributed by atoms with van der Waals surface area (Å²) in [5.74, 6) is -0.425. The van der Waals surface area contributed by atoms with Gasteiger partial charge in [-0.1, -0.05) is 60.1 Å². The molecule has 1 aliphatic heterocycles. The number of amides is 1. The van der Waals surface area contributed by atoms with Crippen molar-refractivity contribution in [1.29, 1.82) is 0 Å². The lowest BCUT2D eigenvalue weighted by molar-refractivity contribution is -0.132. The Labute approximate surface area is 230 Å². The normalized spacial score (nSPS) is 16.6. The van der Waals surface area contributed by atoms with E-state index in [1.807, 2.05) is 59.5 Å². The number of fused-ring (bicyclic) bond motifs is 2. The summed E-state index contributed by atoms with van der Waals surface area (Å²) < 4.78 is 20.3. The van der Waals surface area contributed by atoms with Crippen LogP contribution < -0.4 is 0 Å². The molecular formula is C32H26ClFN2O3. The van der Waals surface area contributed by atoms with Crippen LogP contribution in [0.5, 0.6) is 0 Å². The van der Waals surface area contributed by atoms with Crippen molar-refractivity contribution in [2.45, 2.75) is 31.4 Å². The fourth-order valence-electron chi connectivity index (χ4n) is 5.50. The van der Waals surface area contributed by atoms with Crippen LogP contribution in [0.2, 0.25) is 5.02 Å². The molecule has 1 amide bonds. The summed E-state index contributed by atoms with van der Waals surface area (Å²) in [7, 11) is 0. The zero-order valence-electron chi connectivity index (χ0n) is 21.3. The number of nitrogens with zero attached hydrogens (tertiary/aromatic N) is 2. The predicted octanol–water partition coefficient (Wildman–Crippen LogP) is 6.59. The lowest BCUT2D eigenvalue weighted by atomic mass is 9.87. The van der Waals surface area contributed by atoms with Crippen molar-refractivity contribution in [3.63, 3.8) is 0 Å². The number of carbonyl (C=O) groups is 1. The van der Waals surface area contributed by atoms with E-state index in [1.54, 1.807) is 12.1 Å². The number of halogens is 2. The SMILES string of the molecule is CC(O)(c1cc2cc(CC(=O)N3CCc4cccc(Cl)c4C3c3ccccc3)ccc2o1)c1ccncc1F. The first kappa shape index (κ1) is 25.3. The molecule has 0 saturated heterocycles. The lowest BCUT2D eigenvalue weighted by Crippen LogP contribution is -2.41. The van der Waals surface area contributed by atoms with Crippen molar-refractivity contribution >= 4 is 28.5 Å². The fourth-order valence-corrected chi connectivity index (χ4v) is 5.80. The largest absolute Gasteiger partial charge is 0.458 e. The van der Waals surface area contributed by atoms with Gasteiger partial charge in [-0.2, -0.15) is 0 Å². The summed E-state index contributed by atoms with van der Waals surface area (Å²) >= 11 is 6.68. The highest BCUT2D eigenvalue weighted by atomic mass is 35.5. The van der Waals surface area contributed by atoms with E-state index >= 15 is 0 Å². The molecule has 2 atom stereocenters. The molecule has 0 spiro atoms. The quantitative estimate of drug-likeness (QED) is 0.273. The summed E-state index contributed by atoms with van der Waals surface area (Å²) in [6.45, 7) is 2.07. The molecule has 0 radical (unpaired) electrons. The minimum atomic E-state index is -1.69. The molecule has 0 aliphatic carbocycles. The standard InChI is InChI=1S/C32H26ClFN2O3/c1-32(38,24-12-14-35-19-26(24)34)28-18-23-16-20(10-11-27(23)39-28)17-29(37)36-15-13-21-8-5-9-25(33)30(21)31(36)22-6-3-2-4-7-22/h2-12,14,16,18-19,31,38H,13,15,17H2,1H3. The molecule has 6 rings (SSSR count). The average Bonchev–Trinajstić information content (AvgIpc) is 3.38. The molecule has 0 bridgehead atoms. The molecule has 3 heterocycles. The van der Waals surface area contributed by atoms with E-state index < -0.39 is 11.4 Å². The molecule has 7 heteroatoms. The van der Waals surface area contributed by atoms with Crippen molar-refractivity contribution < 1.29 is 18.7 Å². The van der Waals surface area contributed by atoms with Crippen molar-refractivity contribution in [3.8, 4) is 0 Å². The third-order valence-corrected chi connectivity index (χ3v) is 7.83. The van der Waals surface area contributed by atoms with Crippen LogP contribution in [-0.4, -0.2) is 27.4 Å². The molecule has 1 N–H and O–H groups in total. The highest BCUT2D eigenvalue weighted by molar-refractivity contribution is 6.31. The first-order valence-electron chi connectivity index (χ1n) is 12.8. The van der Waals surface area contributed by atoms with Gasteiger partial charge in [0.25, 0.3) is 0 Å². The van der Waals surface area contributed by atoms with E-state index in [1.165, 1.54) is 19.2 Å². The number of benzene rings is 3. The molecule has 39 heavy (non-hydrogen) atoms. The second-order valence-corrected chi connectivity index (χ2v) is 10.5. The number of furan rings is 1. The molecule has 5 aromatic rings. The first-order chi connectivity index (χ1) is 18.8. The Hall–Kier alpha value is -4.00. The van der Waals surface area contributed by atoms with E-state index in [2.05, 4.69) is 11.1 Å². The van der Waals surface area contributed by atoms with Gasteiger partial charge in [0.1, 0.15) is 22.8 Å². The van der Waals surface area contributed by atoms with Crippen LogP contribution in [0.1, 0.15) is 46.5 Å². The molecule has 2 aromatic heterocycles. The van der Waals surface area contributed by atoms with E-state index in [0.29, 0.717) is 17.2 Å². The zero-order valence-corrected chi connectivity index (χ0v) is 22.0. The Bertz CT molecular complexity index is 1680. The van der Waals surface area contributed by atoms with Gasteiger partial charge in [0.05, 0.1) is 18.7 Å². The monoisotopic (exact) mass is 540 g/mol. The number of hydrogen-bond acceptors (Lipinski definition) is 4. The third-order valence-electron chi connectivity index (χ3n) is 7.50. The van der Waals surface area contributed by atoms with Crippen LogP contribution in [0.4, 0.5) is 4.39 Å². The smallest absolute Gasteiger partial charge is 0.227 e. The van der Waals surface area contributed by atoms with Crippen molar-refractivity contribution in [3.05, 3.63) is 136 Å². The molecule has 5 nitrogen and oxygen atoms in total. The summed E-state index contributed by atoms with van der Waals surface area (Å²) in [5.41, 5.74) is 2.88. The second-order valence-electron chi connectivity index (χ2n) is 10.1. The Balaban J connectivity index is 1.30. The van der Waals surface area contributed by atoms with Gasteiger partial charge >= 0.3 is 0 Å². The molecule has 3 aromatic carbocycles. The van der Waals surface area contributed by atoms with Gasteiger partial charge < -0.3 is 14.4 Å². The predicted molar refractivity (Wildman–Crippen MR) is 148 cm³/mol. The molecule has 0 saturated carbocycles. The Morgan fingerprint density at radius 3 is 2.74 bits per heavy atom. The van der Waals surface area contributed by atoms with Crippen LogP contribution >= 0.6 is 11.6 Å². The Kier molecular flexibility index (Phi) is 6.45. The van der Waals surface area contributed by atoms with Gasteiger partial charge in [0.15, 0.2) is 0 Å². The average molecular weight is 541 g/mol. The summed E-state index contributed by atoms with van der Waals surface area (Å²) in [5, 5.41) is 12.5. The molecule has 196 valence electrons. The zero-order chi connectivity index (χ0) is 27.1. The van der Waals surface area contributed by atoms with Gasteiger partial charge in [-0.05, 0) is 60.4 Å². The summed E-state index contributed by atoms with van der Waals surface area (Å²) in [6, 6.07) is 24.2. The fraction of sp³-hybridized carbons (Fsp3) is 0.188. The van der Waals surface area contributed by atoms with Gasteiger partial charge in [-0.25, -0.2) is 4.39 Å². The van der Waals surface area contributed by atoms with E-state index in [9.17, 15) is 14.3 Å². The van der Waals surface area contributed by atoms with Crippen LogP contribution in [0.3, 0.4) is 0 Å². The van der Waals surface area contributed by atoms with Crippen LogP contribution in [0.15, 0.2) is 95.7 Å². The molecular weight excluding hydrogens is 515 g/mol. The number of carbonyl (C=O) groups excluding carboxylic acids is 1. The van der Waals surface area contributed by atoms with Crippen LogP contribution in [0.25, 0.3) is 11.0 Å². The lowest BCUT2D eigenvalue weighted by Gasteiger charge is -2.38. The number of aliphatic hydroxyl groups is 1. The van der Waals surface area contributed by atoms with Crippen molar-refractivity contribution in [2.24, 2.45) is 0 Å². The van der Waals surface area contributed by atoms with E-state index in [0.717, 1.165) is 40.3 Å². The first-order valence-corrected chi connectivity index (χ1v) is 13.2. The summed E-state index contributed by atoms with van der Waals surface area (Å²) in [4.78, 5) is 19.4. The minimum Gasteiger partial charge on any atom is -0.458 e. The van der Waals surface area contributed by atoms with Crippen molar-refractivity contribution in [1.82, 2.24) is 9.88 Å². The highest BCUT2D eigenvalue weighted by Gasteiger charge is 2.34. The number of hydrogen-bond donors (Lipinski definition) is 1. The maximum absolute atomic E-state index is 14.4.